The van der Waals surface area contributed by atoms with Gasteiger partial charge in [-0.25, -0.2) is 4.79 Å². The molecule has 8 nitrogen and oxygen atoms in total. The molecule has 0 heterocycles. The topological polar surface area (TPSA) is 119 Å². The van der Waals surface area contributed by atoms with Crippen molar-refractivity contribution in [1.82, 2.24) is 4.90 Å². The van der Waals surface area contributed by atoms with Crippen molar-refractivity contribution in [2.75, 3.05) is 33.3 Å². The maximum absolute atomic E-state index is 11.5. The van der Waals surface area contributed by atoms with Gasteiger partial charge >= 0.3 is 17.9 Å². The van der Waals surface area contributed by atoms with Crippen molar-refractivity contribution < 1.29 is 29.0 Å². The van der Waals surface area contributed by atoms with Crippen LogP contribution in [0.15, 0.2) is 0 Å². The van der Waals surface area contributed by atoms with Gasteiger partial charge in [-0.1, -0.05) is 0 Å². The third-order valence-corrected chi connectivity index (χ3v) is 2.19. The van der Waals surface area contributed by atoms with Crippen molar-refractivity contribution in [3.63, 3.8) is 0 Å². The highest BCUT2D eigenvalue weighted by Gasteiger charge is 2.31. The fourth-order valence-electron chi connectivity index (χ4n) is 1.03. The molecule has 0 saturated heterocycles. The molecule has 0 radical (unpaired) electrons. The van der Waals surface area contributed by atoms with Crippen molar-refractivity contribution in [3.8, 4) is 0 Å². The molecule has 110 valence electrons. The van der Waals surface area contributed by atoms with Crippen LogP contribution in [0.2, 0.25) is 0 Å². The number of nitrogens with zero attached hydrogens (tertiary/aromatic N) is 1. The predicted molar refractivity (Wildman–Crippen MR) is 65.3 cm³/mol. The second-order valence-corrected chi connectivity index (χ2v) is 4.45. The lowest BCUT2D eigenvalue weighted by atomic mass is 10.1. The first-order valence-corrected chi connectivity index (χ1v) is 5.68. The van der Waals surface area contributed by atoms with E-state index in [1.165, 1.54) is 13.8 Å². The molecule has 0 atom stereocenters. The Kier molecular flexibility index (Phi) is 7.02. The van der Waals surface area contributed by atoms with Crippen molar-refractivity contribution in [3.05, 3.63) is 0 Å². The molecule has 0 rings (SSSR count). The molecule has 3 N–H and O–H groups in total. The summed E-state index contributed by atoms with van der Waals surface area (Å²) in [6.45, 7) is 2.69. The SMILES string of the molecule is CN(CCOC(=O)CN)CC(=O)OC(C)(C)C(=O)O. The van der Waals surface area contributed by atoms with E-state index in [0.29, 0.717) is 6.54 Å². The summed E-state index contributed by atoms with van der Waals surface area (Å²) >= 11 is 0. The Morgan fingerprint density at radius 2 is 1.84 bits per heavy atom. The van der Waals surface area contributed by atoms with Crippen LogP contribution >= 0.6 is 0 Å². The summed E-state index contributed by atoms with van der Waals surface area (Å²) in [7, 11) is 1.62. The number of carbonyl (C=O) groups is 3. The van der Waals surface area contributed by atoms with Gasteiger partial charge in [-0.2, -0.15) is 0 Å². The minimum atomic E-state index is -1.57. The maximum atomic E-state index is 11.5. The third-order valence-electron chi connectivity index (χ3n) is 2.19. The highest BCUT2D eigenvalue weighted by atomic mass is 16.6. The fraction of sp³-hybridized carbons (Fsp3) is 0.727. The van der Waals surface area contributed by atoms with Gasteiger partial charge in [0.05, 0.1) is 13.1 Å². The molecule has 0 aromatic heterocycles. The first-order chi connectivity index (χ1) is 8.69. The number of carboxylic acids is 1. The van der Waals surface area contributed by atoms with Gasteiger partial charge in [0, 0.05) is 6.54 Å². The van der Waals surface area contributed by atoms with E-state index in [1.807, 2.05) is 0 Å². The second-order valence-electron chi connectivity index (χ2n) is 4.45. The Bertz CT molecular complexity index is 342. The van der Waals surface area contributed by atoms with Crippen LogP contribution in [0.5, 0.6) is 0 Å². The van der Waals surface area contributed by atoms with Crippen molar-refractivity contribution in [1.29, 1.82) is 0 Å². The Balaban J connectivity index is 4.00. The highest BCUT2D eigenvalue weighted by Crippen LogP contribution is 2.09. The third kappa shape index (κ3) is 7.37. The summed E-state index contributed by atoms with van der Waals surface area (Å²) in [4.78, 5) is 34.5. The van der Waals surface area contributed by atoms with E-state index in [4.69, 9.17) is 20.3 Å². The second kappa shape index (κ2) is 7.70. The van der Waals surface area contributed by atoms with E-state index in [0.717, 1.165) is 0 Å². The zero-order valence-corrected chi connectivity index (χ0v) is 11.3. The standard InChI is InChI=1S/C11H20N2O6/c1-11(2,10(16)17)19-9(15)7-13(3)4-5-18-8(14)6-12/h4-7,12H2,1-3H3,(H,16,17). The molecule has 0 amide bonds. The number of carboxylic acid groups (broad SMARTS) is 1. The van der Waals surface area contributed by atoms with Gasteiger partial charge < -0.3 is 20.3 Å². The van der Waals surface area contributed by atoms with Crippen molar-refractivity contribution >= 4 is 17.9 Å². The summed E-state index contributed by atoms with van der Waals surface area (Å²) in [6, 6.07) is 0. The van der Waals surface area contributed by atoms with Gasteiger partial charge in [0.25, 0.3) is 0 Å². The largest absolute Gasteiger partial charge is 0.478 e. The van der Waals surface area contributed by atoms with Crippen LogP contribution < -0.4 is 5.73 Å². The summed E-state index contributed by atoms with van der Waals surface area (Å²) in [5.41, 5.74) is 3.48. The van der Waals surface area contributed by atoms with Gasteiger partial charge in [0.1, 0.15) is 6.61 Å². The number of nitrogens with two attached hydrogens (primary N) is 1. The number of likely N-dealkylation sites (N-methyl/N-ethyl adjacent to an activating group) is 1. The maximum Gasteiger partial charge on any atom is 0.347 e. The molecule has 0 spiro atoms. The molecule has 0 aromatic carbocycles. The number of aliphatic carboxylic acids is 1. The number of rotatable bonds is 8. The van der Waals surface area contributed by atoms with Crippen LogP contribution in [-0.4, -0.2) is 66.8 Å². The van der Waals surface area contributed by atoms with E-state index in [9.17, 15) is 14.4 Å². The van der Waals surface area contributed by atoms with E-state index >= 15 is 0 Å². The Morgan fingerprint density at radius 1 is 1.26 bits per heavy atom. The molecule has 19 heavy (non-hydrogen) atoms. The molecule has 8 heteroatoms. The van der Waals surface area contributed by atoms with Gasteiger partial charge in [0.2, 0.25) is 5.60 Å². The zero-order valence-electron chi connectivity index (χ0n) is 11.3. The van der Waals surface area contributed by atoms with Crippen LogP contribution in [0, 0.1) is 0 Å². The van der Waals surface area contributed by atoms with E-state index in [-0.39, 0.29) is 19.7 Å². The molecule has 0 aliphatic heterocycles. The van der Waals surface area contributed by atoms with Crippen molar-refractivity contribution in [2.45, 2.75) is 19.4 Å². The molecule has 0 unspecified atom stereocenters. The smallest absolute Gasteiger partial charge is 0.347 e. The number of hydrogen-bond donors (Lipinski definition) is 2. The summed E-state index contributed by atoms with van der Waals surface area (Å²) in [5.74, 6) is -2.41. The van der Waals surface area contributed by atoms with Gasteiger partial charge in [0.15, 0.2) is 0 Å². The highest BCUT2D eigenvalue weighted by molar-refractivity contribution is 5.81. The number of hydrogen-bond acceptors (Lipinski definition) is 7. The first-order valence-electron chi connectivity index (χ1n) is 5.68. The van der Waals surface area contributed by atoms with E-state index in [2.05, 4.69) is 0 Å². The number of esters is 2. The number of carbonyl (C=O) groups excluding carboxylic acids is 2. The minimum absolute atomic E-state index is 0.0993. The average molecular weight is 276 g/mol. The predicted octanol–water partition coefficient (Wildman–Crippen LogP) is -1.17. The Morgan fingerprint density at radius 3 is 2.32 bits per heavy atom. The van der Waals surface area contributed by atoms with Crippen molar-refractivity contribution in [2.24, 2.45) is 5.73 Å². The lowest BCUT2D eigenvalue weighted by Gasteiger charge is -2.22. The van der Waals surface area contributed by atoms with Gasteiger partial charge in [-0.05, 0) is 20.9 Å². The van der Waals surface area contributed by atoms with E-state index < -0.39 is 23.5 Å². The zero-order chi connectivity index (χ0) is 15.1. The van der Waals surface area contributed by atoms with Gasteiger partial charge in [-0.15, -0.1) is 0 Å². The van der Waals surface area contributed by atoms with Crippen LogP contribution in [0.4, 0.5) is 0 Å². The van der Waals surface area contributed by atoms with Crippen LogP contribution in [0.25, 0.3) is 0 Å². The normalized spacial score (nSPS) is 11.2. The molecule has 0 aliphatic carbocycles. The Hall–Kier alpha value is -1.67. The summed E-state index contributed by atoms with van der Waals surface area (Å²) in [6.07, 6.45) is 0. The molecular weight excluding hydrogens is 256 g/mol. The van der Waals surface area contributed by atoms with Gasteiger partial charge in [-0.3, -0.25) is 14.5 Å². The minimum Gasteiger partial charge on any atom is -0.478 e. The quantitative estimate of drug-likeness (QED) is 0.532. The number of ether oxygens (including phenoxy) is 2. The molecule has 0 aliphatic rings. The molecular formula is C11H20N2O6. The molecule has 0 aromatic rings. The van der Waals surface area contributed by atoms with Crippen LogP contribution in [-0.2, 0) is 23.9 Å². The van der Waals surface area contributed by atoms with Crippen LogP contribution in [0.3, 0.4) is 0 Å². The first kappa shape index (κ1) is 17.3. The molecule has 0 saturated carbocycles. The lowest BCUT2D eigenvalue weighted by Crippen LogP contribution is -2.40. The average Bonchev–Trinajstić information content (AvgIpc) is 2.27. The summed E-state index contributed by atoms with van der Waals surface area (Å²) in [5, 5.41) is 8.79. The fourth-order valence-corrected chi connectivity index (χ4v) is 1.03. The Labute approximate surface area is 111 Å². The summed E-state index contributed by atoms with van der Waals surface area (Å²) < 4.78 is 9.54. The monoisotopic (exact) mass is 276 g/mol. The molecule has 0 bridgehead atoms. The van der Waals surface area contributed by atoms with Crippen LogP contribution in [0.1, 0.15) is 13.8 Å². The van der Waals surface area contributed by atoms with E-state index in [1.54, 1.807) is 11.9 Å². The lowest BCUT2D eigenvalue weighted by molar-refractivity contribution is -0.175. The molecule has 0 fully saturated rings.